The van der Waals surface area contributed by atoms with Crippen molar-refractivity contribution in [3.05, 3.63) is 0 Å². The molecule has 0 heterocycles. The fraction of sp³-hybridized carbons (Fsp3) is 1.00. The molecule has 0 saturated carbocycles. The van der Waals surface area contributed by atoms with Gasteiger partial charge >= 0.3 is 0 Å². The molecule has 1 nitrogen and oxygen atoms in total. The van der Waals surface area contributed by atoms with Crippen LogP contribution in [-0.4, -0.2) is 17.0 Å². The summed E-state index contributed by atoms with van der Waals surface area (Å²) in [6.07, 6.45) is 8.33. The van der Waals surface area contributed by atoms with Gasteiger partial charge < -0.3 is 5.73 Å². The van der Waals surface area contributed by atoms with Gasteiger partial charge in [0, 0.05) is 11.3 Å². The van der Waals surface area contributed by atoms with Crippen LogP contribution in [-0.2, 0) is 0 Å². The third-order valence-electron chi connectivity index (χ3n) is 2.48. The number of rotatable bonds is 9. The van der Waals surface area contributed by atoms with E-state index in [-0.39, 0.29) is 4.75 Å². The summed E-state index contributed by atoms with van der Waals surface area (Å²) >= 11 is 2.02. The molecule has 0 spiro atoms. The fourth-order valence-electron chi connectivity index (χ4n) is 1.29. The lowest BCUT2D eigenvalue weighted by molar-refractivity contribution is 0.625. The molecule has 0 aromatic heterocycles. The van der Waals surface area contributed by atoms with Crippen molar-refractivity contribution in [3.8, 4) is 0 Å². The second-order valence-corrected chi connectivity index (χ2v) is 6.38. The first-order chi connectivity index (χ1) is 6.62. The number of hydrogen-bond donors (Lipinski definition) is 1. The van der Waals surface area contributed by atoms with E-state index in [1.54, 1.807) is 0 Å². The fourth-order valence-corrected chi connectivity index (χ4v) is 2.31. The summed E-state index contributed by atoms with van der Waals surface area (Å²) in [6, 6.07) is 0. The van der Waals surface area contributed by atoms with Gasteiger partial charge in [-0.05, 0) is 26.0 Å². The highest BCUT2D eigenvalue weighted by Crippen LogP contribution is 2.24. The Bertz CT molecular complexity index is 123. The van der Waals surface area contributed by atoms with Crippen molar-refractivity contribution < 1.29 is 0 Å². The average molecular weight is 217 g/mol. The third-order valence-corrected chi connectivity index (χ3v) is 3.92. The molecule has 0 unspecified atom stereocenters. The maximum absolute atomic E-state index is 5.67. The van der Waals surface area contributed by atoms with Crippen molar-refractivity contribution in [1.82, 2.24) is 0 Å². The number of hydrogen-bond acceptors (Lipinski definition) is 2. The van der Waals surface area contributed by atoms with E-state index in [9.17, 15) is 0 Å². The van der Waals surface area contributed by atoms with E-state index in [0.29, 0.717) is 0 Å². The highest BCUT2D eigenvalue weighted by molar-refractivity contribution is 8.00. The van der Waals surface area contributed by atoms with E-state index >= 15 is 0 Å². The molecular formula is C12H27NS. The zero-order chi connectivity index (χ0) is 10.9. The van der Waals surface area contributed by atoms with Crippen LogP contribution >= 0.6 is 11.8 Å². The largest absolute Gasteiger partial charge is 0.329 e. The summed E-state index contributed by atoms with van der Waals surface area (Å²) in [4.78, 5) is 0. The summed E-state index contributed by atoms with van der Waals surface area (Å²) < 4.78 is 0.281. The Morgan fingerprint density at radius 1 is 1.00 bits per heavy atom. The lowest BCUT2D eigenvalue weighted by Gasteiger charge is -2.21. The Morgan fingerprint density at radius 2 is 1.57 bits per heavy atom. The van der Waals surface area contributed by atoms with Crippen LogP contribution in [0.25, 0.3) is 0 Å². The Morgan fingerprint density at radius 3 is 2.14 bits per heavy atom. The van der Waals surface area contributed by atoms with Crippen molar-refractivity contribution in [3.63, 3.8) is 0 Å². The van der Waals surface area contributed by atoms with Crippen molar-refractivity contribution in [2.24, 2.45) is 5.73 Å². The summed E-state index contributed by atoms with van der Waals surface area (Å²) in [5, 5.41) is 0. The van der Waals surface area contributed by atoms with Crippen LogP contribution in [0.1, 0.15) is 59.3 Å². The van der Waals surface area contributed by atoms with Crippen LogP contribution in [0, 0.1) is 0 Å². The summed E-state index contributed by atoms with van der Waals surface area (Å²) in [6.45, 7) is 7.51. The van der Waals surface area contributed by atoms with Gasteiger partial charge in [-0.3, -0.25) is 0 Å². The molecule has 0 atom stereocenters. The van der Waals surface area contributed by atoms with Gasteiger partial charge in [-0.2, -0.15) is 11.8 Å². The molecule has 0 rings (SSSR count). The van der Waals surface area contributed by atoms with E-state index in [4.69, 9.17) is 5.73 Å². The molecule has 2 N–H and O–H groups in total. The average Bonchev–Trinajstić information content (AvgIpc) is 2.16. The molecule has 0 fully saturated rings. The standard InChI is InChI=1S/C12H27NS/c1-4-5-6-7-8-9-10-14-12(2,3)11-13/h4-11,13H2,1-3H3. The Hall–Kier alpha value is 0.310. The molecule has 0 aliphatic rings. The maximum Gasteiger partial charge on any atom is 0.0225 e. The predicted octanol–water partition coefficient (Wildman–Crippen LogP) is 3.82. The Labute approximate surface area is 94.2 Å². The molecule has 0 radical (unpaired) electrons. The van der Waals surface area contributed by atoms with Gasteiger partial charge in [0.1, 0.15) is 0 Å². The maximum atomic E-state index is 5.67. The smallest absolute Gasteiger partial charge is 0.0225 e. The minimum atomic E-state index is 0.281. The molecule has 0 aliphatic carbocycles. The first-order valence-corrected chi connectivity index (χ1v) is 6.95. The lowest BCUT2D eigenvalue weighted by atomic mass is 10.1. The van der Waals surface area contributed by atoms with Crippen molar-refractivity contribution in [2.45, 2.75) is 64.0 Å². The molecule has 0 aliphatic heterocycles. The van der Waals surface area contributed by atoms with Crippen LogP contribution in [0.5, 0.6) is 0 Å². The molecule has 0 aromatic rings. The Balaban J connectivity index is 3.13. The summed E-state index contributed by atoms with van der Waals surface area (Å²) in [5.74, 6) is 1.27. The second kappa shape index (κ2) is 8.60. The SMILES string of the molecule is CCCCCCCCSC(C)(C)CN. The van der Waals surface area contributed by atoms with Crippen LogP contribution in [0.4, 0.5) is 0 Å². The van der Waals surface area contributed by atoms with Crippen LogP contribution in [0.2, 0.25) is 0 Å². The molecule has 0 saturated heterocycles. The quantitative estimate of drug-likeness (QED) is 0.594. The minimum Gasteiger partial charge on any atom is -0.329 e. The van der Waals surface area contributed by atoms with Crippen molar-refractivity contribution >= 4 is 11.8 Å². The van der Waals surface area contributed by atoms with Crippen molar-refractivity contribution in [2.75, 3.05) is 12.3 Å². The van der Waals surface area contributed by atoms with E-state index in [2.05, 4.69) is 20.8 Å². The molecule has 0 amide bonds. The molecule has 86 valence electrons. The summed E-state index contributed by atoms with van der Waals surface area (Å²) in [7, 11) is 0. The molecule has 2 heteroatoms. The van der Waals surface area contributed by atoms with Crippen LogP contribution in [0.15, 0.2) is 0 Å². The zero-order valence-electron chi connectivity index (χ0n) is 10.1. The third kappa shape index (κ3) is 8.89. The van der Waals surface area contributed by atoms with Gasteiger partial charge in [-0.1, -0.05) is 39.0 Å². The van der Waals surface area contributed by atoms with Gasteiger partial charge in [0.05, 0.1) is 0 Å². The first kappa shape index (κ1) is 14.3. The zero-order valence-corrected chi connectivity index (χ0v) is 11.0. The van der Waals surface area contributed by atoms with Gasteiger partial charge in [-0.25, -0.2) is 0 Å². The number of thioether (sulfide) groups is 1. The van der Waals surface area contributed by atoms with Gasteiger partial charge in [0.15, 0.2) is 0 Å². The van der Waals surface area contributed by atoms with Crippen LogP contribution in [0.3, 0.4) is 0 Å². The molecular weight excluding hydrogens is 190 g/mol. The van der Waals surface area contributed by atoms with E-state index < -0.39 is 0 Å². The van der Waals surface area contributed by atoms with Gasteiger partial charge in [-0.15, -0.1) is 0 Å². The second-order valence-electron chi connectivity index (χ2n) is 4.58. The topological polar surface area (TPSA) is 26.0 Å². The van der Waals surface area contributed by atoms with Gasteiger partial charge in [0.25, 0.3) is 0 Å². The number of nitrogens with two attached hydrogens (primary N) is 1. The monoisotopic (exact) mass is 217 g/mol. The highest BCUT2D eigenvalue weighted by atomic mass is 32.2. The minimum absolute atomic E-state index is 0.281. The van der Waals surface area contributed by atoms with E-state index in [1.807, 2.05) is 11.8 Å². The predicted molar refractivity (Wildman–Crippen MR) is 69.0 cm³/mol. The highest BCUT2D eigenvalue weighted by Gasteiger charge is 2.14. The molecule has 14 heavy (non-hydrogen) atoms. The van der Waals surface area contributed by atoms with Crippen LogP contribution < -0.4 is 5.73 Å². The Kier molecular flexibility index (Phi) is 8.80. The normalized spacial score (nSPS) is 12.0. The van der Waals surface area contributed by atoms with Crippen molar-refractivity contribution in [1.29, 1.82) is 0 Å². The molecule has 0 aromatic carbocycles. The van der Waals surface area contributed by atoms with E-state index in [1.165, 1.54) is 44.3 Å². The lowest BCUT2D eigenvalue weighted by Crippen LogP contribution is -2.27. The number of unbranched alkanes of at least 4 members (excludes halogenated alkanes) is 5. The van der Waals surface area contributed by atoms with Gasteiger partial charge in [0.2, 0.25) is 0 Å². The summed E-state index contributed by atoms with van der Waals surface area (Å²) in [5.41, 5.74) is 5.67. The van der Waals surface area contributed by atoms with E-state index in [0.717, 1.165) is 6.54 Å². The molecule has 0 bridgehead atoms. The first-order valence-electron chi connectivity index (χ1n) is 5.96.